The van der Waals surface area contributed by atoms with Crippen molar-refractivity contribution in [2.45, 2.75) is 13.8 Å². The molecule has 8 heteroatoms. The molecule has 0 atom stereocenters. The summed E-state index contributed by atoms with van der Waals surface area (Å²) in [5.41, 5.74) is 3.66. The number of esters is 1. The molecule has 0 saturated carbocycles. The first kappa shape index (κ1) is 26.2. The van der Waals surface area contributed by atoms with Crippen LogP contribution in [0.1, 0.15) is 13.8 Å². The Kier molecular flexibility index (Phi) is 11.2. The van der Waals surface area contributed by atoms with E-state index >= 15 is 0 Å². The predicted octanol–water partition coefficient (Wildman–Crippen LogP) is 4.93. The van der Waals surface area contributed by atoms with E-state index in [1.807, 2.05) is 49.2 Å². The van der Waals surface area contributed by atoms with Crippen molar-refractivity contribution >= 4 is 38.9 Å². The summed E-state index contributed by atoms with van der Waals surface area (Å²) in [6.45, 7) is 17.4. The molecular formula is C25H31N3O4S. The van der Waals surface area contributed by atoms with Gasteiger partial charge in [-0.2, -0.15) is 5.10 Å². The fourth-order valence-corrected chi connectivity index (χ4v) is 3.52. The second-order valence-electron chi connectivity index (χ2n) is 7.15. The van der Waals surface area contributed by atoms with Crippen molar-refractivity contribution in [3.8, 4) is 0 Å². The molecule has 0 aliphatic carbocycles. The molecule has 0 unspecified atom stereocenters. The van der Waals surface area contributed by atoms with Gasteiger partial charge in [-0.15, -0.1) is 0 Å². The lowest BCUT2D eigenvalue weighted by molar-refractivity contribution is -0.139. The standard InChI is InChI=1S/C25H31N3O4S/c1-6-24(29)32-16-15-31-14-13-30-12-11-28(26-18-21(20(4)5)17-19(2)3)25-27-22-9-7-8-10-23(22)33-25/h6-10,17-18H,1-2,4,11-16H2,3,5H3/b21-17-,26-18+. The van der Waals surface area contributed by atoms with Crippen LogP contribution in [0.15, 0.2) is 78.0 Å². The Morgan fingerprint density at radius 1 is 1.12 bits per heavy atom. The first-order chi connectivity index (χ1) is 15.9. The van der Waals surface area contributed by atoms with Crippen LogP contribution < -0.4 is 5.01 Å². The lowest BCUT2D eigenvalue weighted by atomic mass is 10.1. The molecule has 0 aliphatic rings. The van der Waals surface area contributed by atoms with Crippen molar-refractivity contribution < 1.29 is 19.0 Å². The Hall–Kier alpha value is -3.07. The molecule has 33 heavy (non-hydrogen) atoms. The second kappa shape index (κ2) is 14.2. The average molecular weight is 470 g/mol. The summed E-state index contributed by atoms with van der Waals surface area (Å²) in [5.74, 6) is -0.460. The third-order valence-corrected chi connectivity index (χ3v) is 5.24. The number of anilines is 1. The summed E-state index contributed by atoms with van der Waals surface area (Å²) in [6, 6.07) is 7.99. The Balaban J connectivity index is 1.94. The number of hydrogen-bond donors (Lipinski definition) is 0. The topological polar surface area (TPSA) is 73.2 Å². The molecule has 1 aromatic heterocycles. The van der Waals surface area contributed by atoms with E-state index in [1.165, 1.54) is 0 Å². The summed E-state index contributed by atoms with van der Waals surface area (Å²) in [5, 5.41) is 7.28. The molecule has 0 saturated heterocycles. The zero-order valence-corrected chi connectivity index (χ0v) is 20.1. The Bertz CT molecular complexity index is 993. The Morgan fingerprint density at radius 3 is 2.48 bits per heavy atom. The molecule has 2 rings (SSSR count). The largest absolute Gasteiger partial charge is 0.460 e. The lowest BCUT2D eigenvalue weighted by Gasteiger charge is -2.16. The summed E-state index contributed by atoms with van der Waals surface area (Å²) in [7, 11) is 0. The first-order valence-electron chi connectivity index (χ1n) is 10.6. The number of hydrogen-bond acceptors (Lipinski definition) is 8. The molecule has 0 fully saturated rings. The second-order valence-corrected chi connectivity index (χ2v) is 8.16. The molecule has 176 valence electrons. The number of aromatic nitrogens is 1. The molecule has 0 N–H and O–H groups in total. The number of benzene rings is 1. The minimum absolute atomic E-state index is 0.188. The summed E-state index contributed by atoms with van der Waals surface area (Å²) in [4.78, 5) is 15.7. The van der Waals surface area contributed by atoms with Gasteiger partial charge in [0.15, 0.2) is 0 Å². The number of rotatable bonds is 15. The van der Waals surface area contributed by atoms with Crippen molar-refractivity contribution in [3.63, 3.8) is 0 Å². The zero-order chi connectivity index (χ0) is 24.1. The summed E-state index contributed by atoms with van der Waals surface area (Å²) >= 11 is 1.57. The maximum absolute atomic E-state index is 11.0. The van der Waals surface area contributed by atoms with Gasteiger partial charge < -0.3 is 14.2 Å². The van der Waals surface area contributed by atoms with Crippen LogP contribution >= 0.6 is 11.3 Å². The van der Waals surface area contributed by atoms with Crippen LogP contribution in [0.4, 0.5) is 5.13 Å². The maximum atomic E-state index is 11.0. The first-order valence-corrected chi connectivity index (χ1v) is 11.4. The zero-order valence-electron chi connectivity index (χ0n) is 19.3. The third-order valence-electron chi connectivity index (χ3n) is 4.19. The van der Waals surface area contributed by atoms with Crippen LogP contribution in [0.3, 0.4) is 0 Å². The molecular weight excluding hydrogens is 438 g/mol. The van der Waals surface area contributed by atoms with Crippen molar-refractivity contribution in [2.75, 3.05) is 44.6 Å². The van der Waals surface area contributed by atoms with Crippen molar-refractivity contribution in [3.05, 3.63) is 72.9 Å². The Labute approximate surface area is 199 Å². The van der Waals surface area contributed by atoms with Gasteiger partial charge in [0.05, 0.1) is 49.4 Å². The molecule has 0 bridgehead atoms. The highest BCUT2D eigenvalue weighted by molar-refractivity contribution is 7.22. The molecule has 1 heterocycles. The average Bonchev–Trinajstić information content (AvgIpc) is 3.22. The number of thiazole rings is 1. The van der Waals surface area contributed by atoms with E-state index in [2.05, 4.69) is 24.8 Å². The molecule has 0 aliphatic heterocycles. The fourth-order valence-electron chi connectivity index (χ4n) is 2.57. The number of carbonyl (C=O) groups is 1. The number of nitrogens with zero attached hydrogens (tertiary/aromatic N) is 3. The summed E-state index contributed by atoms with van der Waals surface area (Å²) < 4.78 is 17.0. The number of para-hydroxylation sites is 1. The van der Waals surface area contributed by atoms with Gasteiger partial charge >= 0.3 is 5.97 Å². The quantitative estimate of drug-likeness (QED) is 0.0920. The van der Waals surface area contributed by atoms with Crippen LogP contribution in [0.2, 0.25) is 0 Å². The number of carbonyl (C=O) groups excluding carboxylic acids is 1. The van der Waals surface area contributed by atoms with Crippen LogP contribution in [0.25, 0.3) is 10.2 Å². The van der Waals surface area contributed by atoms with Gasteiger partial charge in [-0.1, -0.05) is 54.9 Å². The molecule has 0 spiro atoms. The van der Waals surface area contributed by atoms with Gasteiger partial charge in [-0.05, 0) is 37.1 Å². The maximum Gasteiger partial charge on any atom is 0.330 e. The van der Waals surface area contributed by atoms with Gasteiger partial charge in [-0.3, -0.25) is 0 Å². The van der Waals surface area contributed by atoms with Crippen LogP contribution in [0, 0.1) is 0 Å². The highest BCUT2D eigenvalue weighted by atomic mass is 32.1. The van der Waals surface area contributed by atoms with Crippen molar-refractivity contribution in [1.82, 2.24) is 4.98 Å². The Morgan fingerprint density at radius 2 is 1.82 bits per heavy atom. The van der Waals surface area contributed by atoms with E-state index in [0.29, 0.717) is 33.0 Å². The number of fused-ring (bicyclic) bond motifs is 1. The lowest BCUT2D eigenvalue weighted by Crippen LogP contribution is -2.23. The highest BCUT2D eigenvalue weighted by Gasteiger charge is 2.11. The van der Waals surface area contributed by atoms with E-state index in [9.17, 15) is 4.79 Å². The van der Waals surface area contributed by atoms with E-state index in [1.54, 1.807) is 17.6 Å². The van der Waals surface area contributed by atoms with E-state index in [4.69, 9.17) is 19.2 Å². The fraction of sp³-hybridized carbons (Fsp3) is 0.320. The normalized spacial score (nSPS) is 11.6. The highest BCUT2D eigenvalue weighted by Crippen LogP contribution is 2.28. The number of allylic oxidation sites excluding steroid dienone is 4. The van der Waals surface area contributed by atoms with Gasteiger partial charge in [0.2, 0.25) is 5.13 Å². The van der Waals surface area contributed by atoms with Gasteiger partial charge in [0.25, 0.3) is 0 Å². The smallest absolute Gasteiger partial charge is 0.330 e. The predicted molar refractivity (Wildman–Crippen MR) is 136 cm³/mol. The van der Waals surface area contributed by atoms with Crippen molar-refractivity contribution in [2.24, 2.45) is 5.10 Å². The molecule has 2 aromatic rings. The van der Waals surface area contributed by atoms with Crippen molar-refractivity contribution in [1.29, 1.82) is 0 Å². The minimum Gasteiger partial charge on any atom is -0.460 e. The van der Waals surface area contributed by atoms with Crippen LogP contribution in [0.5, 0.6) is 0 Å². The van der Waals surface area contributed by atoms with Gasteiger partial charge in [0.1, 0.15) is 6.61 Å². The molecule has 7 nitrogen and oxygen atoms in total. The molecule has 0 radical (unpaired) electrons. The minimum atomic E-state index is -0.460. The third kappa shape index (κ3) is 9.53. The van der Waals surface area contributed by atoms with Gasteiger partial charge in [0, 0.05) is 6.08 Å². The monoisotopic (exact) mass is 469 g/mol. The number of ether oxygens (including phenoxy) is 3. The van der Waals surface area contributed by atoms with E-state index in [0.717, 1.165) is 38.1 Å². The number of hydrazone groups is 1. The van der Waals surface area contributed by atoms with Gasteiger partial charge in [-0.25, -0.2) is 14.8 Å². The van der Waals surface area contributed by atoms with E-state index < -0.39 is 5.97 Å². The summed E-state index contributed by atoms with van der Waals surface area (Å²) in [6.07, 6.45) is 4.84. The van der Waals surface area contributed by atoms with Crippen LogP contribution in [-0.2, 0) is 19.0 Å². The molecule has 0 amide bonds. The van der Waals surface area contributed by atoms with Crippen LogP contribution in [-0.4, -0.2) is 56.7 Å². The molecule has 1 aromatic carbocycles. The van der Waals surface area contributed by atoms with E-state index in [-0.39, 0.29) is 6.61 Å². The SMILES string of the molecule is C=CC(=O)OCCOCCOCCN(/N=C/C(=C/C(=C)C)C(=C)C)c1nc2ccccc2s1.